The summed E-state index contributed by atoms with van der Waals surface area (Å²) in [5, 5.41) is 8.22. The summed E-state index contributed by atoms with van der Waals surface area (Å²) in [7, 11) is 0. The third-order valence-corrected chi connectivity index (χ3v) is 10.1. The second-order valence-corrected chi connectivity index (χ2v) is 12.5. The topological polar surface area (TPSA) is 0 Å². The molecule has 0 aromatic heterocycles. The lowest BCUT2D eigenvalue weighted by atomic mass is 9.77. The Bertz CT molecular complexity index is 2280. The number of fused-ring (bicyclic) bond motifs is 6. The molecule has 0 fully saturated rings. The molecule has 0 N–H and O–H groups in total. The number of hydrogen-bond acceptors (Lipinski definition) is 0. The molecule has 44 heavy (non-hydrogen) atoms. The van der Waals surface area contributed by atoms with Crippen molar-refractivity contribution in [2.24, 2.45) is 0 Å². The Kier molecular flexibility index (Phi) is 6.01. The fourth-order valence-corrected chi connectivity index (χ4v) is 8.12. The second kappa shape index (κ2) is 10.4. The van der Waals surface area contributed by atoms with Crippen LogP contribution in [0, 0.1) is 0 Å². The maximum absolute atomic E-state index is 2.52. The molecule has 0 heteroatoms. The Morgan fingerprint density at radius 2 is 1.41 bits per heavy atom. The second-order valence-electron chi connectivity index (χ2n) is 12.5. The Morgan fingerprint density at radius 3 is 2.27 bits per heavy atom. The van der Waals surface area contributed by atoms with Gasteiger partial charge in [0.1, 0.15) is 0 Å². The highest BCUT2D eigenvalue weighted by atomic mass is 14.3. The summed E-state index contributed by atoms with van der Waals surface area (Å²) in [6.07, 6.45) is 26.6. The molecule has 5 aromatic carbocycles. The van der Waals surface area contributed by atoms with Gasteiger partial charge in [0.2, 0.25) is 0 Å². The lowest BCUT2D eigenvalue weighted by Gasteiger charge is -2.26. The molecule has 1 unspecified atom stereocenters. The Labute approximate surface area is 259 Å². The summed E-state index contributed by atoms with van der Waals surface area (Å²) in [5.41, 5.74) is 12.6. The molecule has 0 bridgehead atoms. The van der Waals surface area contributed by atoms with Crippen LogP contribution in [0.2, 0.25) is 0 Å². The van der Waals surface area contributed by atoms with E-state index in [-0.39, 0.29) is 0 Å². The minimum atomic E-state index is 0.459. The van der Waals surface area contributed by atoms with E-state index in [1.807, 2.05) is 0 Å². The quantitative estimate of drug-likeness (QED) is 0.205. The highest BCUT2D eigenvalue weighted by Gasteiger charge is 2.24. The average molecular weight is 563 g/mol. The van der Waals surface area contributed by atoms with E-state index in [1.165, 1.54) is 82.1 Å². The lowest BCUT2D eigenvalue weighted by molar-refractivity contribution is 0.812. The van der Waals surface area contributed by atoms with Crippen LogP contribution in [0.1, 0.15) is 60.3 Å². The number of hydrogen-bond donors (Lipinski definition) is 0. The van der Waals surface area contributed by atoms with E-state index in [1.54, 1.807) is 0 Å². The molecule has 9 rings (SSSR count). The van der Waals surface area contributed by atoms with Crippen LogP contribution in [0.25, 0.3) is 62.0 Å². The van der Waals surface area contributed by atoms with Gasteiger partial charge >= 0.3 is 0 Å². The third kappa shape index (κ3) is 3.98. The van der Waals surface area contributed by atoms with Gasteiger partial charge in [-0.3, -0.25) is 0 Å². The summed E-state index contributed by atoms with van der Waals surface area (Å²) in [6, 6.07) is 32.0. The van der Waals surface area contributed by atoms with Crippen LogP contribution in [0.4, 0.5) is 0 Å². The zero-order chi connectivity index (χ0) is 29.0. The van der Waals surface area contributed by atoms with Gasteiger partial charge in [-0.1, -0.05) is 127 Å². The van der Waals surface area contributed by atoms with Crippen LogP contribution >= 0.6 is 0 Å². The standard InChI is InChI=1S/C44H34/c1-2-13-29(14-3-1)33-17-6-7-19-35(33)43-36-20-8-10-22-38(36)44(39-23-11-9-21-37(39)43)40-24-12-16-31-27-41-32(28-42(31)40)26-25-30-15-4-5-18-34(30)41/h1-6,8,10,12-17,20-28,34H,7,9,11,18-19H2. The summed E-state index contributed by atoms with van der Waals surface area (Å²) in [6.45, 7) is 0. The predicted octanol–water partition coefficient (Wildman–Crippen LogP) is 10.3. The van der Waals surface area contributed by atoms with E-state index in [9.17, 15) is 0 Å². The predicted molar refractivity (Wildman–Crippen MR) is 190 cm³/mol. The molecule has 210 valence electrons. The molecule has 0 radical (unpaired) electrons. The SMILES string of the molecule is C1=CCC2C(=C1)C=Cc1cc3c(-c4c5c(c(C6=C(c7ccccc7)C=CCC6)c6ccccc46)=CCCC=5)cccc3cc12. The summed E-state index contributed by atoms with van der Waals surface area (Å²) >= 11 is 0. The molecule has 1 atom stereocenters. The highest BCUT2D eigenvalue weighted by molar-refractivity contribution is 6.12. The van der Waals surface area contributed by atoms with Gasteiger partial charge in [0, 0.05) is 5.92 Å². The molecular weight excluding hydrogens is 528 g/mol. The van der Waals surface area contributed by atoms with E-state index in [4.69, 9.17) is 0 Å². The first-order valence-electron chi connectivity index (χ1n) is 16.2. The summed E-state index contributed by atoms with van der Waals surface area (Å²) < 4.78 is 0. The molecule has 0 heterocycles. The van der Waals surface area contributed by atoms with Crippen LogP contribution in [0.15, 0.2) is 127 Å². The zero-order valence-corrected chi connectivity index (χ0v) is 24.9. The van der Waals surface area contributed by atoms with Gasteiger partial charge in [-0.2, -0.15) is 0 Å². The van der Waals surface area contributed by atoms with Gasteiger partial charge in [-0.25, -0.2) is 0 Å². The lowest BCUT2D eigenvalue weighted by Crippen LogP contribution is -2.33. The third-order valence-electron chi connectivity index (χ3n) is 10.1. The molecular formula is C44H34. The van der Waals surface area contributed by atoms with E-state index < -0.39 is 0 Å². The summed E-state index contributed by atoms with van der Waals surface area (Å²) in [4.78, 5) is 0. The van der Waals surface area contributed by atoms with E-state index in [2.05, 4.69) is 140 Å². The van der Waals surface area contributed by atoms with Crippen molar-refractivity contribution in [1.29, 1.82) is 0 Å². The van der Waals surface area contributed by atoms with Gasteiger partial charge in [0.05, 0.1) is 0 Å². The maximum Gasteiger partial charge on any atom is 0.0130 e. The molecule has 0 saturated carbocycles. The van der Waals surface area contributed by atoms with Crippen molar-refractivity contribution in [3.8, 4) is 11.1 Å². The van der Waals surface area contributed by atoms with Crippen LogP contribution in [0.3, 0.4) is 0 Å². The van der Waals surface area contributed by atoms with Crippen molar-refractivity contribution < 1.29 is 0 Å². The number of benzene rings is 5. The minimum absolute atomic E-state index is 0.459. The van der Waals surface area contributed by atoms with Crippen LogP contribution < -0.4 is 10.4 Å². The first kappa shape index (κ1) is 25.5. The van der Waals surface area contributed by atoms with E-state index in [0.29, 0.717) is 5.92 Å². The van der Waals surface area contributed by atoms with Crippen molar-refractivity contribution in [3.05, 3.63) is 160 Å². The van der Waals surface area contributed by atoms with Gasteiger partial charge in [-0.05, 0) is 126 Å². The first-order chi connectivity index (χ1) is 21.8. The van der Waals surface area contributed by atoms with Gasteiger partial charge < -0.3 is 0 Å². The van der Waals surface area contributed by atoms with Crippen molar-refractivity contribution in [2.45, 2.75) is 38.0 Å². The Hall–Kier alpha value is -4.94. The smallest absolute Gasteiger partial charge is 0.0130 e. The fourth-order valence-electron chi connectivity index (χ4n) is 8.12. The maximum atomic E-state index is 2.52. The minimum Gasteiger partial charge on any atom is -0.0836 e. The van der Waals surface area contributed by atoms with Crippen molar-refractivity contribution >= 4 is 50.9 Å². The van der Waals surface area contributed by atoms with Crippen molar-refractivity contribution in [3.63, 3.8) is 0 Å². The Morgan fingerprint density at radius 1 is 0.614 bits per heavy atom. The molecule has 0 nitrogen and oxygen atoms in total. The average Bonchev–Trinajstić information content (AvgIpc) is 3.10. The normalized spacial score (nSPS) is 18.4. The molecule has 4 aliphatic rings. The molecule has 0 aliphatic heterocycles. The molecule has 4 aliphatic carbocycles. The van der Waals surface area contributed by atoms with Crippen LogP contribution in [0.5, 0.6) is 0 Å². The largest absolute Gasteiger partial charge is 0.0836 e. The highest BCUT2D eigenvalue weighted by Crippen LogP contribution is 2.43. The number of rotatable bonds is 3. The monoisotopic (exact) mass is 562 g/mol. The zero-order valence-electron chi connectivity index (χ0n) is 24.9. The fraction of sp³-hybridized carbons (Fsp3) is 0.136. The van der Waals surface area contributed by atoms with Crippen LogP contribution in [-0.2, 0) is 0 Å². The van der Waals surface area contributed by atoms with Crippen molar-refractivity contribution in [1.82, 2.24) is 0 Å². The van der Waals surface area contributed by atoms with Crippen molar-refractivity contribution in [2.75, 3.05) is 0 Å². The van der Waals surface area contributed by atoms with Gasteiger partial charge in [0.25, 0.3) is 0 Å². The first-order valence-corrected chi connectivity index (χ1v) is 16.2. The molecule has 0 spiro atoms. The van der Waals surface area contributed by atoms with Gasteiger partial charge in [0.15, 0.2) is 0 Å². The van der Waals surface area contributed by atoms with Crippen LogP contribution in [-0.4, -0.2) is 0 Å². The van der Waals surface area contributed by atoms with Gasteiger partial charge in [-0.15, -0.1) is 0 Å². The Balaban J connectivity index is 1.35. The molecule has 0 saturated heterocycles. The summed E-state index contributed by atoms with van der Waals surface area (Å²) in [5.74, 6) is 0.459. The van der Waals surface area contributed by atoms with E-state index in [0.717, 1.165) is 32.1 Å². The van der Waals surface area contributed by atoms with E-state index >= 15 is 0 Å². The molecule has 5 aromatic rings. The number of allylic oxidation sites excluding steroid dienone is 9. The molecule has 0 amide bonds.